The summed E-state index contributed by atoms with van der Waals surface area (Å²) < 4.78 is 32.0. The summed E-state index contributed by atoms with van der Waals surface area (Å²) in [4.78, 5) is 25.9. The van der Waals surface area contributed by atoms with Gasteiger partial charge in [0.1, 0.15) is 12.4 Å². The maximum absolute atomic E-state index is 12.1. The molecule has 1 fully saturated rings. The molecule has 1 unspecified atom stereocenters. The number of amides is 1. The highest BCUT2D eigenvalue weighted by atomic mass is 32.2. The fourth-order valence-corrected chi connectivity index (χ4v) is 5.55. The number of carboxylic acid groups (broad SMARTS) is 1. The molecular formula is C24H34N6O5SSi. The van der Waals surface area contributed by atoms with Crippen LogP contribution in [0.25, 0.3) is 22.3 Å². The molecule has 1 amide bonds. The first-order valence-electron chi connectivity index (χ1n) is 12.3. The van der Waals surface area contributed by atoms with Crippen LogP contribution in [0.15, 0.2) is 35.9 Å². The molecule has 2 N–H and O–H groups in total. The molecule has 3 aromatic rings. The number of fused-ring (bicyclic) bond motifs is 1. The highest BCUT2D eigenvalue weighted by Crippen LogP contribution is 2.35. The van der Waals surface area contributed by atoms with Crippen molar-refractivity contribution >= 4 is 40.7 Å². The van der Waals surface area contributed by atoms with Crippen molar-refractivity contribution in [2.45, 2.75) is 56.5 Å². The molecule has 3 aromatic heterocycles. The van der Waals surface area contributed by atoms with Crippen LogP contribution in [0.1, 0.15) is 12.8 Å². The second-order valence-electron chi connectivity index (χ2n) is 10.6. The molecule has 0 spiro atoms. The average Bonchev–Trinajstić information content (AvgIpc) is 3.24. The van der Waals surface area contributed by atoms with Crippen LogP contribution in [0, 0.1) is 0 Å². The minimum atomic E-state index is -3.60. The Morgan fingerprint density at radius 3 is 2.76 bits per heavy atom. The second-order valence-corrected chi connectivity index (χ2v) is 18.2. The number of pyridine rings is 1. The van der Waals surface area contributed by atoms with Crippen molar-refractivity contribution in [2.24, 2.45) is 0 Å². The Morgan fingerprint density at radius 1 is 1.27 bits per heavy atom. The molecule has 0 saturated carbocycles. The van der Waals surface area contributed by atoms with Gasteiger partial charge in [-0.25, -0.2) is 28.2 Å². The summed E-state index contributed by atoms with van der Waals surface area (Å²) in [6.45, 7) is 8.81. The maximum Gasteiger partial charge on any atom is 0.407 e. The smallest absolute Gasteiger partial charge is 0.407 e. The summed E-state index contributed by atoms with van der Waals surface area (Å²) >= 11 is 0. The summed E-state index contributed by atoms with van der Waals surface area (Å²) in [5.74, 6) is 0. The van der Waals surface area contributed by atoms with E-state index in [0.717, 1.165) is 36.2 Å². The van der Waals surface area contributed by atoms with Crippen molar-refractivity contribution in [3.8, 4) is 11.3 Å². The third kappa shape index (κ3) is 6.65. The minimum absolute atomic E-state index is 0.123. The van der Waals surface area contributed by atoms with Crippen molar-refractivity contribution in [1.29, 1.82) is 0 Å². The third-order valence-corrected chi connectivity index (χ3v) is 8.86. The lowest BCUT2D eigenvalue weighted by molar-refractivity contribution is 0.0899. The number of piperidine rings is 1. The number of sulfone groups is 1. The van der Waals surface area contributed by atoms with E-state index in [1.54, 1.807) is 12.3 Å². The summed E-state index contributed by atoms with van der Waals surface area (Å²) in [6, 6.07) is 4.52. The standard InChI is InChI=1S/C24H34N6O5SSi/c1-36(33,34)23-25-9-7-20(28-23)19-14-26-22-18(8-11-30(22)16-35-12-13-37(2,3)4)21(19)27-17-6-5-10-29(15-17)24(31)32/h7-9,11,14,17H,5-6,10,12-13,15-16H2,1-4H3,(H,26,27)(H,31,32). The van der Waals surface area contributed by atoms with Crippen LogP contribution in [-0.2, 0) is 21.3 Å². The van der Waals surface area contributed by atoms with Gasteiger partial charge in [0.05, 0.1) is 11.4 Å². The van der Waals surface area contributed by atoms with E-state index in [0.29, 0.717) is 43.3 Å². The van der Waals surface area contributed by atoms with Crippen molar-refractivity contribution in [1.82, 2.24) is 24.4 Å². The number of hydrogen-bond donors (Lipinski definition) is 2. The summed E-state index contributed by atoms with van der Waals surface area (Å²) in [5, 5.41) is 13.6. The molecule has 11 nitrogen and oxygen atoms in total. The molecule has 1 aliphatic heterocycles. The van der Waals surface area contributed by atoms with E-state index < -0.39 is 24.0 Å². The Balaban J connectivity index is 1.71. The van der Waals surface area contributed by atoms with Gasteiger partial charge < -0.3 is 24.6 Å². The zero-order chi connectivity index (χ0) is 26.8. The van der Waals surface area contributed by atoms with Gasteiger partial charge in [0.25, 0.3) is 0 Å². The molecule has 4 rings (SSSR count). The van der Waals surface area contributed by atoms with Gasteiger partial charge in [0.2, 0.25) is 15.0 Å². The van der Waals surface area contributed by atoms with Gasteiger partial charge in [0, 0.05) is 69.6 Å². The molecule has 1 aliphatic rings. The quantitative estimate of drug-likeness (QED) is 0.233. The molecule has 0 radical (unpaired) electrons. The Labute approximate surface area is 217 Å². The van der Waals surface area contributed by atoms with Crippen LogP contribution in [0.3, 0.4) is 0 Å². The number of hydrogen-bond acceptors (Lipinski definition) is 8. The van der Waals surface area contributed by atoms with E-state index in [2.05, 4.69) is 39.9 Å². The molecule has 13 heteroatoms. The largest absolute Gasteiger partial charge is 0.465 e. The first kappa shape index (κ1) is 27.0. The first-order chi connectivity index (χ1) is 17.4. The molecule has 37 heavy (non-hydrogen) atoms. The van der Waals surface area contributed by atoms with Gasteiger partial charge in [0.15, 0.2) is 0 Å². The van der Waals surface area contributed by atoms with Gasteiger partial charge in [-0.15, -0.1) is 0 Å². The second kappa shape index (κ2) is 10.8. The van der Waals surface area contributed by atoms with Gasteiger partial charge in [-0.2, -0.15) is 0 Å². The van der Waals surface area contributed by atoms with E-state index in [1.807, 2.05) is 16.8 Å². The molecular weight excluding hydrogens is 512 g/mol. The van der Waals surface area contributed by atoms with Gasteiger partial charge in [-0.05, 0) is 31.0 Å². The summed E-state index contributed by atoms with van der Waals surface area (Å²) in [7, 11) is -4.81. The number of carbonyl (C=O) groups is 1. The van der Waals surface area contributed by atoms with Crippen LogP contribution in [0.2, 0.25) is 25.7 Å². The fraction of sp³-hybridized carbons (Fsp3) is 0.500. The average molecular weight is 547 g/mol. The zero-order valence-electron chi connectivity index (χ0n) is 21.6. The van der Waals surface area contributed by atoms with Crippen LogP contribution in [-0.4, -0.2) is 84.1 Å². The molecule has 0 aromatic carbocycles. The summed E-state index contributed by atoms with van der Waals surface area (Å²) in [5.41, 5.74) is 2.46. The summed E-state index contributed by atoms with van der Waals surface area (Å²) in [6.07, 6.45) is 6.65. The van der Waals surface area contributed by atoms with E-state index in [1.165, 1.54) is 11.1 Å². The number of aromatic nitrogens is 4. The zero-order valence-corrected chi connectivity index (χ0v) is 23.5. The highest BCUT2D eigenvalue weighted by Gasteiger charge is 2.26. The lowest BCUT2D eigenvalue weighted by Crippen LogP contribution is -2.44. The molecule has 1 atom stereocenters. The third-order valence-electron chi connectivity index (χ3n) is 6.30. The number of likely N-dealkylation sites (tertiary alicyclic amines) is 1. The van der Waals surface area contributed by atoms with Crippen molar-refractivity contribution in [2.75, 3.05) is 31.3 Å². The first-order valence-corrected chi connectivity index (χ1v) is 17.9. The number of nitrogens with one attached hydrogen (secondary N) is 1. The van der Waals surface area contributed by atoms with Gasteiger partial charge >= 0.3 is 6.09 Å². The normalized spacial score (nSPS) is 16.8. The molecule has 0 aliphatic carbocycles. The molecule has 4 heterocycles. The number of anilines is 1. The number of ether oxygens (including phenoxy) is 1. The number of nitrogens with zero attached hydrogens (tertiary/aromatic N) is 5. The highest BCUT2D eigenvalue weighted by molar-refractivity contribution is 7.90. The molecule has 1 saturated heterocycles. The number of rotatable bonds is 9. The van der Waals surface area contributed by atoms with Crippen LogP contribution in [0.5, 0.6) is 0 Å². The van der Waals surface area contributed by atoms with Crippen LogP contribution >= 0.6 is 0 Å². The van der Waals surface area contributed by atoms with Crippen molar-refractivity contribution in [3.63, 3.8) is 0 Å². The van der Waals surface area contributed by atoms with Gasteiger partial charge in [-0.3, -0.25) is 0 Å². The molecule has 200 valence electrons. The van der Waals surface area contributed by atoms with E-state index in [-0.39, 0.29) is 11.2 Å². The van der Waals surface area contributed by atoms with Crippen LogP contribution < -0.4 is 5.32 Å². The minimum Gasteiger partial charge on any atom is -0.465 e. The van der Waals surface area contributed by atoms with Gasteiger partial charge in [-0.1, -0.05) is 19.6 Å². The predicted molar refractivity (Wildman–Crippen MR) is 144 cm³/mol. The van der Waals surface area contributed by atoms with E-state index >= 15 is 0 Å². The predicted octanol–water partition coefficient (Wildman–Crippen LogP) is 3.76. The lowest BCUT2D eigenvalue weighted by Gasteiger charge is -2.32. The maximum atomic E-state index is 12.1. The van der Waals surface area contributed by atoms with Crippen molar-refractivity contribution < 1.29 is 23.1 Å². The van der Waals surface area contributed by atoms with Crippen molar-refractivity contribution in [3.05, 3.63) is 30.7 Å². The SMILES string of the molecule is C[Si](C)(C)CCOCn1ccc2c(NC3CCCN(C(=O)O)C3)c(-c3ccnc(S(C)(=O)=O)n3)cnc21. The van der Waals surface area contributed by atoms with E-state index in [9.17, 15) is 18.3 Å². The Bertz CT molecular complexity index is 1390. The Kier molecular flexibility index (Phi) is 7.85. The fourth-order valence-electron chi connectivity index (χ4n) is 4.28. The topological polar surface area (TPSA) is 140 Å². The molecule has 0 bridgehead atoms. The monoisotopic (exact) mass is 546 g/mol. The van der Waals surface area contributed by atoms with E-state index in [4.69, 9.17) is 4.74 Å². The Morgan fingerprint density at radius 2 is 2.05 bits per heavy atom. The lowest BCUT2D eigenvalue weighted by atomic mass is 10.0. The Hall–Kier alpha value is -3.03. The van der Waals surface area contributed by atoms with Crippen LogP contribution in [0.4, 0.5) is 10.5 Å².